The molecule has 5 nitrogen and oxygen atoms in total. The second-order valence-corrected chi connectivity index (χ2v) is 9.89. The van der Waals surface area contributed by atoms with Gasteiger partial charge in [-0.1, -0.05) is 60.2 Å². The van der Waals surface area contributed by atoms with Gasteiger partial charge >= 0.3 is 0 Å². The van der Waals surface area contributed by atoms with E-state index >= 15 is 0 Å². The fourth-order valence-corrected chi connectivity index (χ4v) is 5.26. The lowest BCUT2D eigenvalue weighted by molar-refractivity contribution is -0.126. The third-order valence-electron chi connectivity index (χ3n) is 5.45. The molecule has 1 unspecified atom stereocenters. The number of aryl methyl sites for hydroxylation is 2. The van der Waals surface area contributed by atoms with Gasteiger partial charge in [0.25, 0.3) is 0 Å². The highest BCUT2D eigenvalue weighted by Crippen LogP contribution is 2.20. The van der Waals surface area contributed by atoms with Crippen LogP contribution in [0.25, 0.3) is 0 Å². The quantitative estimate of drug-likeness (QED) is 0.721. The number of nitrogens with one attached hydrogen (secondary N) is 1. The van der Waals surface area contributed by atoms with Crippen LogP contribution in [-0.2, 0) is 27.8 Å². The fourth-order valence-electron chi connectivity index (χ4n) is 3.68. The summed E-state index contributed by atoms with van der Waals surface area (Å²) in [5, 5.41) is 2.96. The van der Waals surface area contributed by atoms with Gasteiger partial charge in [-0.2, -0.15) is 0 Å². The summed E-state index contributed by atoms with van der Waals surface area (Å²) in [5.74, 6) is -0.215. The van der Waals surface area contributed by atoms with Gasteiger partial charge < -0.3 is 5.32 Å². The molecule has 0 saturated carbocycles. The Bertz CT molecular complexity index is 895. The van der Waals surface area contributed by atoms with Crippen LogP contribution in [0.1, 0.15) is 36.0 Å². The van der Waals surface area contributed by atoms with Crippen LogP contribution in [0.15, 0.2) is 54.6 Å². The van der Waals surface area contributed by atoms with Crippen LogP contribution in [0.2, 0.25) is 0 Å². The maximum absolute atomic E-state index is 12.7. The molecule has 156 valence electrons. The molecule has 1 atom stereocenters. The van der Waals surface area contributed by atoms with Gasteiger partial charge in [0.15, 0.2) is 0 Å². The van der Waals surface area contributed by atoms with Crippen molar-refractivity contribution in [3.63, 3.8) is 0 Å². The Balaban J connectivity index is 1.49. The van der Waals surface area contributed by atoms with E-state index in [0.717, 1.165) is 30.4 Å². The van der Waals surface area contributed by atoms with Crippen molar-refractivity contribution in [2.45, 2.75) is 39.2 Å². The van der Waals surface area contributed by atoms with Gasteiger partial charge in [0.2, 0.25) is 15.9 Å². The van der Waals surface area contributed by atoms with Crippen molar-refractivity contribution >= 4 is 15.9 Å². The Morgan fingerprint density at radius 1 is 1.07 bits per heavy atom. The first-order valence-electron chi connectivity index (χ1n) is 10.3. The van der Waals surface area contributed by atoms with E-state index in [0.29, 0.717) is 19.5 Å². The molecule has 0 spiro atoms. The number of sulfonamides is 1. The molecule has 1 fully saturated rings. The molecule has 2 aromatic rings. The number of carbonyl (C=O) groups excluding carboxylic acids is 1. The molecule has 1 heterocycles. The summed E-state index contributed by atoms with van der Waals surface area (Å²) in [6.45, 7) is 3.29. The Hall–Kier alpha value is -2.18. The number of hydrogen-bond donors (Lipinski definition) is 1. The SMILES string of the molecule is Cc1ccc(CNC(=O)C2CCCN(S(=O)(=O)CCCc3ccccc3)C2)cc1. The molecule has 0 bridgehead atoms. The van der Waals surface area contributed by atoms with Gasteiger partial charge in [-0.3, -0.25) is 4.79 Å². The van der Waals surface area contributed by atoms with E-state index in [1.165, 1.54) is 9.87 Å². The van der Waals surface area contributed by atoms with Gasteiger partial charge in [0.1, 0.15) is 0 Å². The number of hydrogen-bond acceptors (Lipinski definition) is 3. The highest BCUT2D eigenvalue weighted by molar-refractivity contribution is 7.89. The van der Waals surface area contributed by atoms with E-state index in [2.05, 4.69) is 5.32 Å². The zero-order chi connectivity index (χ0) is 20.7. The van der Waals surface area contributed by atoms with Gasteiger partial charge in [0.05, 0.1) is 11.7 Å². The monoisotopic (exact) mass is 414 g/mol. The number of rotatable bonds is 8. The third-order valence-corrected chi connectivity index (χ3v) is 7.37. The highest BCUT2D eigenvalue weighted by Gasteiger charge is 2.31. The zero-order valence-electron chi connectivity index (χ0n) is 17.0. The Morgan fingerprint density at radius 2 is 1.79 bits per heavy atom. The summed E-state index contributed by atoms with van der Waals surface area (Å²) in [4.78, 5) is 12.6. The summed E-state index contributed by atoms with van der Waals surface area (Å²) in [6, 6.07) is 18.0. The van der Waals surface area contributed by atoms with Crippen LogP contribution in [-0.4, -0.2) is 37.5 Å². The highest BCUT2D eigenvalue weighted by atomic mass is 32.2. The van der Waals surface area contributed by atoms with E-state index in [9.17, 15) is 13.2 Å². The Kier molecular flexibility index (Phi) is 7.45. The van der Waals surface area contributed by atoms with Crippen molar-refractivity contribution in [2.75, 3.05) is 18.8 Å². The van der Waals surface area contributed by atoms with Gasteiger partial charge in [0, 0.05) is 19.6 Å². The van der Waals surface area contributed by atoms with Gasteiger partial charge in [-0.05, 0) is 43.7 Å². The van der Waals surface area contributed by atoms with Crippen LogP contribution >= 0.6 is 0 Å². The van der Waals surface area contributed by atoms with E-state index in [1.54, 1.807) is 0 Å². The van der Waals surface area contributed by atoms with E-state index in [4.69, 9.17) is 0 Å². The number of carbonyl (C=O) groups is 1. The zero-order valence-corrected chi connectivity index (χ0v) is 17.8. The van der Waals surface area contributed by atoms with Crippen LogP contribution < -0.4 is 5.32 Å². The second kappa shape index (κ2) is 10.0. The minimum absolute atomic E-state index is 0.0604. The Labute approximate surface area is 174 Å². The molecule has 1 N–H and O–H groups in total. The standard InChI is InChI=1S/C23H30N2O3S/c1-19-11-13-21(14-12-19)17-24-23(26)22-10-5-15-25(18-22)29(27,28)16-6-9-20-7-3-2-4-8-20/h2-4,7-8,11-14,22H,5-6,9-10,15-18H2,1H3,(H,24,26). The molecule has 0 aromatic heterocycles. The summed E-state index contributed by atoms with van der Waals surface area (Å²) in [6.07, 6.45) is 2.79. The molecule has 1 aliphatic heterocycles. The smallest absolute Gasteiger partial charge is 0.224 e. The molecule has 3 rings (SSSR count). The molecule has 1 amide bonds. The van der Waals surface area contributed by atoms with Crippen molar-refractivity contribution in [1.29, 1.82) is 0 Å². The first kappa shape index (κ1) is 21.5. The van der Waals surface area contributed by atoms with Crippen molar-refractivity contribution in [1.82, 2.24) is 9.62 Å². The average molecular weight is 415 g/mol. The van der Waals surface area contributed by atoms with Crippen molar-refractivity contribution < 1.29 is 13.2 Å². The van der Waals surface area contributed by atoms with Crippen LogP contribution in [0, 0.1) is 12.8 Å². The molecular weight excluding hydrogens is 384 g/mol. The number of piperidine rings is 1. The summed E-state index contributed by atoms with van der Waals surface area (Å²) >= 11 is 0. The molecule has 1 aliphatic rings. The predicted octanol–water partition coefficient (Wildman–Crippen LogP) is 3.29. The van der Waals surface area contributed by atoms with Crippen molar-refractivity contribution in [3.05, 3.63) is 71.3 Å². The van der Waals surface area contributed by atoms with E-state index in [-0.39, 0.29) is 24.1 Å². The Morgan fingerprint density at radius 3 is 2.52 bits per heavy atom. The molecule has 29 heavy (non-hydrogen) atoms. The maximum Gasteiger partial charge on any atom is 0.224 e. The summed E-state index contributed by atoms with van der Waals surface area (Å²) in [5.41, 5.74) is 3.38. The second-order valence-electron chi connectivity index (χ2n) is 7.81. The summed E-state index contributed by atoms with van der Waals surface area (Å²) in [7, 11) is -3.34. The first-order chi connectivity index (χ1) is 13.9. The molecular formula is C23H30N2O3S. The first-order valence-corrected chi connectivity index (χ1v) is 11.9. The predicted molar refractivity (Wildman–Crippen MR) is 116 cm³/mol. The minimum Gasteiger partial charge on any atom is -0.352 e. The van der Waals surface area contributed by atoms with Crippen LogP contribution in [0.5, 0.6) is 0 Å². The number of benzene rings is 2. The van der Waals surface area contributed by atoms with Crippen molar-refractivity contribution in [2.24, 2.45) is 5.92 Å². The normalized spacial score (nSPS) is 17.8. The lowest BCUT2D eigenvalue weighted by Gasteiger charge is -2.31. The average Bonchev–Trinajstić information content (AvgIpc) is 2.74. The van der Waals surface area contributed by atoms with Crippen molar-refractivity contribution in [3.8, 4) is 0 Å². The van der Waals surface area contributed by atoms with E-state index in [1.807, 2.05) is 61.5 Å². The van der Waals surface area contributed by atoms with Gasteiger partial charge in [-0.15, -0.1) is 0 Å². The molecule has 1 saturated heterocycles. The third kappa shape index (κ3) is 6.41. The number of amides is 1. The number of nitrogens with zero attached hydrogens (tertiary/aromatic N) is 1. The summed E-state index contributed by atoms with van der Waals surface area (Å²) < 4.78 is 27.0. The fraction of sp³-hybridized carbons (Fsp3) is 0.435. The topological polar surface area (TPSA) is 66.5 Å². The van der Waals surface area contributed by atoms with Gasteiger partial charge in [-0.25, -0.2) is 12.7 Å². The lowest BCUT2D eigenvalue weighted by atomic mass is 9.98. The van der Waals surface area contributed by atoms with Crippen LogP contribution in [0.3, 0.4) is 0 Å². The lowest BCUT2D eigenvalue weighted by Crippen LogP contribution is -2.46. The molecule has 0 radical (unpaired) electrons. The molecule has 6 heteroatoms. The largest absolute Gasteiger partial charge is 0.352 e. The van der Waals surface area contributed by atoms with Crippen LogP contribution in [0.4, 0.5) is 0 Å². The maximum atomic E-state index is 12.7. The van der Waals surface area contributed by atoms with E-state index < -0.39 is 10.0 Å². The molecule has 2 aromatic carbocycles. The minimum atomic E-state index is -3.34. The molecule has 0 aliphatic carbocycles.